The van der Waals surface area contributed by atoms with Crippen molar-refractivity contribution in [1.82, 2.24) is 19.5 Å². The molecule has 1 saturated heterocycles. The van der Waals surface area contributed by atoms with Crippen LogP contribution in [0.3, 0.4) is 0 Å². The summed E-state index contributed by atoms with van der Waals surface area (Å²) in [6, 6.07) is 6.27. The standard InChI is InChI=1S/C18H21N7O3/c1-2-23-11-19-15-16(20-12-4-3-5-13(10-12)25(27)28)21-18(22-17(15)23)24-8-6-14(26)7-9-24/h3-5,10-11,14,26H,2,6-9H2,1H3,(H,20,21,22). The Balaban J connectivity index is 1.75. The van der Waals surface area contributed by atoms with Gasteiger partial charge in [-0.3, -0.25) is 10.1 Å². The molecular weight excluding hydrogens is 362 g/mol. The molecule has 1 aromatic carbocycles. The molecule has 1 aliphatic heterocycles. The Morgan fingerprint density at radius 2 is 2.11 bits per heavy atom. The maximum Gasteiger partial charge on any atom is 0.271 e. The van der Waals surface area contributed by atoms with E-state index in [2.05, 4.69) is 20.3 Å². The maximum absolute atomic E-state index is 11.1. The molecule has 0 spiro atoms. The van der Waals surface area contributed by atoms with Crippen LogP contribution in [-0.4, -0.2) is 48.7 Å². The van der Waals surface area contributed by atoms with Crippen LogP contribution in [0.5, 0.6) is 0 Å². The number of hydrogen-bond donors (Lipinski definition) is 2. The second-order valence-electron chi connectivity index (χ2n) is 6.73. The van der Waals surface area contributed by atoms with Gasteiger partial charge in [0.05, 0.1) is 17.4 Å². The van der Waals surface area contributed by atoms with Gasteiger partial charge in [-0.2, -0.15) is 9.97 Å². The molecule has 3 aromatic rings. The van der Waals surface area contributed by atoms with Gasteiger partial charge in [0.15, 0.2) is 17.0 Å². The summed E-state index contributed by atoms with van der Waals surface area (Å²) in [4.78, 5) is 26.4. The molecule has 0 amide bonds. The first-order chi connectivity index (χ1) is 13.5. The molecule has 0 atom stereocenters. The van der Waals surface area contributed by atoms with Gasteiger partial charge < -0.3 is 19.9 Å². The molecule has 2 N–H and O–H groups in total. The minimum Gasteiger partial charge on any atom is -0.393 e. The van der Waals surface area contributed by atoms with Gasteiger partial charge >= 0.3 is 0 Å². The number of aromatic nitrogens is 4. The zero-order chi connectivity index (χ0) is 19.7. The molecule has 146 valence electrons. The largest absolute Gasteiger partial charge is 0.393 e. The van der Waals surface area contributed by atoms with Gasteiger partial charge in [0, 0.05) is 37.5 Å². The molecular formula is C18H21N7O3. The van der Waals surface area contributed by atoms with Crippen LogP contribution in [0, 0.1) is 10.1 Å². The molecule has 2 aromatic heterocycles. The van der Waals surface area contributed by atoms with E-state index in [0.717, 1.165) is 0 Å². The summed E-state index contributed by atoms with van der Waals surface area (Å²) in [6.45, 7) is 4.06. The SMILES string of the molecule is CCn1cnc2c(Nc3cccc([N+](=O)[O-])c3)nc(N3CCC(O)CC3)nc21. The van der Waals surface area contributed by atoms with Crippen LogP contribution in [0.2, 0.25) is 0 Å². The fourth-order valence-electron chi connectivity index (χ4n) is 3.29. The van der Waals surface area contributed by atoms with Crippen molar-refractivity contribution in [2.75, 3.05) is 23.3 Å². The fraction of sp³-hybridized carbons (Fsp3) is 0.389. The number of nitro groups is 1. The number of piperidine rings is 1. The van der Waals surface area contributed by atoms with Crippen molar-refractivity contribution in [2.24, 2.45) is 0 Å². The smallest absolute Gasteiger partial charge is 0.271 e. The van der Waals surface area contributed by atoms with Gasteiger partial charge in [0.2, 0.25) is 5.95 Å². The lowest BCUT2D eigenvalue weighted by Gasteiger charge is -2.29. The average Bonchev–Trinajstić information content (AvgIpc) is 3.12. The molecule has 0 unspecified atom stereocenters. The predicted molar refractivity (Wildman–Crippen MR) is 105 cm³/mol. The van der Waals surface area contributed by atoms with Gasteiger partial charge in [0.1, 0.15) is 0 Å². The zero-order valence-electron chi connectivity index (χ0n) is 15.4. The summed E-state index contributed by atoms with van der Waals surface area (Å²) in [6.07, 6.45) is 2.76. The van der Waals surface area contributed by atoms with Crippen molar-refractivity contribution >= 4 is 34.3 Å². The van der Waals surface area contributed by atoms with Crippen LogP contribution in [-0.2, 0) is 6.54 Å². The Kier molecular flexibility index (Phi) is 4.78. The summed E-state index contributed by atoms with van der Waals surface area (Å²) >= 11 is 0. The van der Waals surface area contributed by atoms with E-state index in [1.54, 1.807) is 18.5 Å². The Morgan fingerprint density at radius 1 is 1.32 bits per heavy atom. The van der Waals surface area contributed by atoms with Crippen LogP contribution < -0.4 is 10.2 Å². The highest BCUT2D eigenvalue weighted by Crippen LogP contribution is 2.28. The van der Waals surface area contributed by atoms with Gasteiger partial charge in [-0.25, -0.2) is 4.98 Å². The second kappa shape index (κ2) is 7.39. The number of aliphatic hydroxyl groups is 1. The number of fused-ring (bicyclic) bond motifs is 1. The van der Waals surface area contributed by atoms with Crippen molar-refractivity contribution in [3.8, 4) is 0 Å². The van der Waals surface area contributed by atoms with Gasteiger partial charge in [-0.1, -0.05) is 6.07 Å². The Morgan fingerprint density at radius 3 is 2.82 bits per heavy atom. The number of benzene rings is 1. The molecule has 28 heavy (non-hydrogen) atoms. The molecule has 4 rings (SSSR count). The number of nitrogens with zero attached hydrogens (tertiary/aromatic N) is 6. The molecule has 0 bridgehead atoms. The number of imidazole rings is 1. The lowest BCUT2D eigenvalue weighted by molar-refractivity contribution is -0.384. The van der Waals surface area contributed by atoms with E-state index >= 15 is 0 Å². The van der Waals surface area contributed by atoms with E-state index in [1.807, 2.05) is 16.4 Å². The number of nitrogens with one attached hydrogen (secondary N) is 1. The van der Waals surface area contributed by atoms with Crippen molar-refractivity contribution in [3.63, 3.8) is 0 Å². The van der Waals surface area contributed by atoms with Crippen molar-refractivity contribution in [3.05, 3.63) is 40.7 Å². The van der Waals surface area contributed by atoms with E-state index in [1.165, 1.54) is 12.1 Å². The van der Waals surface area contributed by atoms with Gasteiger partial charge in [-0.05, 0) is 25.8 Å². The molecule has 3 heterocycles. The average molecular weight is 383 g/mol. The third-order valence-corrected chi connectivity index (χ3v) is 4.86. The second-order valence-corrected chi connectivity index (χ2v) is 6.73. The van der Waals surface area contributed by atoms with Crippen molar-refractivity contribution < 1.29 is 10.0 Å². The highest BCUT2D eigenvalue weighted by molar-refractivity contribution is 5.86. The van der Waals surface area contributed by atoms with Crippen LogP contribution in [0.1, 0.15) is 19.8 Å². The van der Waals surface area contributed by atoms with Crippen LogP contribution in [0.25, 0.3) is 11.2 Å². The monoisotopic (exact) mass is 383 g/mol. The lowest BCUT2D eigenvalue weighted by atomic mass is 10.1. The summed E-state index contributed by atoms with van der Waals surface area (Å²) in [5, 5.41) is 24.0. The number of nitro benzene ring substituents is 1. The zero-order valence-corrected chi connectivity index (χ0v) is 15.4. The first kappa shape index (κ1) is 18.1. The summed E-state index contributed by atoms with van der Waals surface area (Å²) in [5.74, 6) is 1.06. The molecule has 10 heteroatoms. The highest BCUT2D eigenvalue weighted by atomic mass is 16.6. The van der Waals surface area contributed by atoms with E-state index < -0.39 is 4.92 Å². The summed E-state index contributed by atoms with van der Waals surface area (Å²) < 4.78 is 1.93. The highest BCUT2D eigenvalue weighted by Gasteiger charge is 2.22. The normalized spacial score (nSPS) is 15.1. The minimum absolute atomic E-state index is 0.000343. The van der Waals surface area contributed by atoms with Gasteiger partial charge in [0.25, 0.3) is 5.69 Å². The number of aryl methyl sites for hydroxylation is 1. The Hall–Kier alpha value is -3.27. The van der Waals surface area contributed by atoms with E-state index in [-0.39, 0.29) is 11.8 Å². The first-order valence-electron chi connectivity index (χ1n) is 9.22. The molecule has 0 aliphatic carbocycles. The van der Waals surface area contributed by atoms with E-state index in [4.69, 9.17) is 0 Å². The summed E-state index contributed by atoms with van der Waals surface area (Å²) in [7, 11) is 0. The topological polar surface area (TPSA) is 122 Å². The van der Waals surface area contributed by atoms with Crippen LogP contribution in [0.15, 0.2) is 30.6 Å². The van der Waals surface area contributed by atoms with Crippen LogP contribution in [0.4, 0.5) is 23.1 Å². The summed E-state index contributed by atoms with van der Waals surface area (Å²) in [5.41, 5.74) is 1.86. The van der Waals surface area contributed by atoms with Crippen molar-refractivity contribution in [1.29, 1.82) is 0 Å². The number of anilines is 3. The third-order valence-electron chi connectivity index (χ3n) is 4.86. The number of hydrogen-bond acceptors (Lipinski definition) is 8. The predicted octanol–water partition coefficient (Wildman–Crippen LogP) is 2.46. The quantitative estimate of drug-likeness (QED) is 0.509. The Labute approximate surface area is 161 Å². The maximum atomic E-state index is 11.1. The van der Waals surface area contributed by atoms with E-state index in [0.29, 0.717) is 61.1 Å². The first-order valence-corrected chi connectivity index (χ1v) is 9.22. The molecule has 1 fully saturated rings. The number of aliphatic hydroxyl groups excluding tert-OH is 1. The third kappa shape index (κ3) is 3.46. The molecule has 0 radical (unpaired) electrons. The molecule has 1 aliphatic rings. The lowest BCUT2D eigenvalue weighted by Crippen LogP contribution is -2.37. The molecule has 0 saturated carbocycles. The number of non-ortho nitro benzene ring substituents is 1. The number of rotatable bonds is 5. The van der Waals surface area contributed by atoms with Crippen molar-refractivity contribution in [2.45, 2.75) is 32.4 Å². The van der Waals surface area contributed by atoms with E-state index in [9.17, 15) is 15.2 Å². The van der Waals surface area contributed by atoms with Crippen LogP contribution >= 0.6 is 0 Å². The Bertz CT molecular complexity index is 1010. The molecule has 10 nitrogen and oxygen atoms in total. The van der Waals surface area contributed by atoms with Gasteiger partial charge in [-0.15, -0.1) is 0 Å². The minimum atomic E-state index is -0.434. The fourth-order valence-corrected chi connectivity index (χ4v) is 3.29.